The number of tetrazole rings is 1. The lowest BCUT2D eigenvalue weighted by molar-refractivity contribution is -0.139. The molecule has 1 heterocycles. The molecule has 1 aliphatic rings. The van der Waals surface area contributed by atoms with Crippen LogP contribution in [0.5, 0.6) is 0 Å². The van der Waals surface area contributed by atoms with E-state index in [-0.39, 0.29) is 23.3 Å². The number of H-pyrrole nitrogens is 1. The van der Waals surface area contributed by atoms with Crippen molar-refractivity contribution < 1.29 is 21.6 Å². The van der Waals surface area contributed by atoms with E-state index >= 15 is 0 Å². The molecule has 1 saturated carbocycles. The van der Waals surface area contributed by atoms with E-state index in [2.05, 4.69) is 32.9 Å². The molecule has 0 bridgehead atoms. The van der Waals surface area contributed by atoms with E-state index in [4.69, 9.17) is 10.9 Å². The zero-order chi connectivity index (χ0) is 23.5. The fourth-order valence-electron chi connectivity index (χ4n) is 4.45. The molecule has 6 N–H and O–H groups in total. The molecule has 0 spiro atoms. The molecule has 1 aromatic heterocycles. The number of halogens is 3. The van der Waals surface area contributed by atoms with Crippen LogP contribution >= 0.6 is 0 Å². The molecule has 2 aromatic rings. The van der Waals surface area contributed by atoms with E-state index in [1.807, 2.05) is 0 Å². The third kappa shape index (κ3) is 5.63. The molecule has 0 aliphatic heterocycles. The lowest BCUT2D eigenvalue weighted by Crippen LogP contribution is -2.39. The number of primary sulfonamides is 1. The van der Waals surface area contributed by atoms with Crippen molar-refractivity contribution in [3.8, 4) is 11.4 Å². The lowest BCUT2D eigenvalue weighted by atomic mass is 9.79. The van der Waals surface area contributed by atoms with E-state index in [1.165, 1.54) is 6.07 Å². The van der Waals surface area contributed by atoms with Crippen LogP contribution in [0.2, 0.25) is 0 Å². The monoisotopic (exact) mass is 475 g/mol. The number of aromatic nitrogens is 4. The molecule has 1 unspecified atom stereocenters. The quantitative estimate of drug-likeness (QED) is 0.457. The lowest BCUT2D eigenvalue weighted by Gasteiger charge is -2.32. The van der Waals surface area contributed by atoms with Gasteiger partial charge in [-0.15, -0.1) is 5.10 Å². The smallest absolute Gasteiger partial charge is 0.330 e. The summed E-state index contributed by atoms with van der Waals surface area (Å²) in [4.78, 5) is -1.00. The summed E-state index contributed by atoms with van der Waals surface area (Å²) >= 11 is 0. The highest BCUT2D eigenvalue weighted by molar-refractivity contribution is 7.89. The molecule has 9 nitrogen and oxygen atoms in total. The molecule has 0 radical (unpaired) electrons. The van der Waals surface area contributed by atoms with Crippen LogP contribution < -0.4 is 16.2 Å². The second-order valence-corrected chi connectivity index (χ2v) is 9.74. The summed E-state index contributed by atoms with van der Waals surface area (Å²) in [5, 5.41) is 21.7. The van der Waals surface area contributed by atoms with Crippen molar-refractivity contribution in [3.05, 3.63) is 23.3 Å². The Bertz CT molecular complexity index is 1000. The van der Waals surface area contributed by atoms with Gasteiger partial charge >= 0.3 is 6.18 Å². The van der Waals surface area contributed by atoms with E-state index < -0.39 is 26.7 Å². The fourth-order valence-corrected chi connectivity index (χ4v) is 5.44. The molecule has 1 aliphatic carbocycles. The van der Waals surface area contributed by atoms with Gasteiger partial charge in [0.15, 0.2) is 5.82 Å². The maximum atomic E-state index is 13.6. The summed E-state index contributed by atoms with van der Waals surface area (Å²) < 4.78 is 65.5. The number of hydrogen-bond donors (Lipinski definition) is 4. The first-order valence-corrected chi connectivity index (χ1v) is 12.0. The number of nitrogens with zero attached hydrogens (tertiary/aromatic N) is 3. The number of rotatable bonds is 8. The average Bonchev–Trinajstić information content (AvgIpc) is 3.25. The Morgan fingerprint density at radius 2 is 1.94 bits per heavy atom. The molecule has 3 rings (SSSR count). The first-order valence-electron chi connectivity index (χ1n) is 10.5. The average molecular weight is 476 g/mol. The summed E-state index contributed by atoms with van der Waals surface area (Å²) in [6.07, 6.45) is -0.0646. The highest BCUT2D eigenvalue weighted by Gasteiger charge is 2.40. The van der Waals surface area contributed by atoms with E-state index in [0.29, 0.717) is 31.0 Å². The maximum absolute atomic E-state index is 13.6. The van der Waals surface area contributed by atoms with Crippen LogP contribution in [-0.4, -0.2) is 47.7 Å². The Kier molecular flexibility index (Phi) is 7.53. The van der Waals surface area contributed by atoms with Gasteiger partial charge in [-0.05, 0) is 80.0 Å². The molecule has 178 valence electrons. The first kappa shape index (κ1) is 24.6. The fraction of sp³-hybridized carbons (Fsp3) is 0.632. The van der Waals surface area contributed by atoms with Crippen LogP contribution in [0.15, 0.2) is 17.0 Å². The Balaban J connectivity index is 1.95. The molecule has 1 aromatic carbocycles. The van der Waals surface area contributed by atoms with Gasteiger partial charge in [-0.1, -0.05) is 6.07 Å². The molecule has 13 heteroatoms. The SMILES string of the molecule is CC(CCCN)NC1CCC(c2ccc(C(F)(F)F)c(S(N)(=O)=O)c2-c2nnn[nH]2)CC1. The first-order chi connectivity index (χ1) is 15.0. The third-order valence-corrected chi connectivity index (χ3v) is 6.88. The summed E-state index contributed by atoms with van der Waals surface area (Å²) in [6.45, 7) is 2.74. The molecule has 0 amide bonds. The summed E-state index contributed by atoms with van der Waals surface area (Å²) in [6, 6.07) is 2.69. The molecule has 1 fully saturated rings. The summed E-state index contributed by atoms with van der Waals surface area (Å²) in [5.41, 5.74) is 4.46. The van der Waals surface area contributed by atoms with Gasteiger partial charge in [-0.3, -0.25) is 0 Å². The molecular weight excluding hydrogens is 447 g/mol. The summed E-state index contributed by atoms with van der Waals surface area (Å²) in [7, 11) is -4.73. The standard InChI is InChI=1S/C19H28F3N7O2S/c1-11(3-2-10-23)25-13-6-4-12(5-7-13)14-8-9-15(19(20,21)22)17(32(24,30)31)16(14)18-26-28-29-27-18/h8-9,11-13,25H,2-7,10,23H2,1H3,(H2,24,30,31)(H,26,27,28,29). The topological polar surface area (TPSA) is 153 Å². The number of alkyl halides is 3. The number of nitrogens with one attached hydrogen (secondary N) is 2. The van der Waals surface area contributed by atoms with Gasteiger partial charge in [0.2, 0.25) is 10.0 Å². The van der Waals surface area contributed by atoms with Gasteiger partial charge in [0.1, 0.15) is 4.90 Å². The van der Waals surface area contributed by atoms with Crippen LogP contribution in [-0.2, 0) is 16.2 Å². The van der Waals surface area contributed by atoms with Crippen molar-refractivity contribution in [1.29, 1.82) is 0 Å². The third-order valence-electron chi connectivity index (χ3n) is 5.89. The predicted octanol–water partition coefficient (Wildman–Crippen LogP) is 2.28. The largest absolute Gasteiger partial charge is 0.417 e. The highest BCUT2D eigenvalue weighted by atomic mass is 32.2. The van der Waals surface area contributed by atoms with Crippen molar-refractivity contribution in [2.75, 3.05) is 6.54 Å². The van der Waals surface area contributed by atoms with Crippen LogP contribution in [0.4, 0.5) is 13.2 Å². The van der Waals surface area contributed by atoms with E-state index in [9.17, 15) is 21.6 Å². The second-order valence-electron chi connectivity index (χ2n) is 8.25. The van der Waals surface area contributed by atoms with Gasteiger partial charge in [-0.25, -0.2) is 18.7 Å². The van der Waals surface area contributed by atoms with Gasteiger partial charge < -0.3 is 11.1 Å². The normalized spacial score (nSPS) is 20.9. The van der Waals surface area contributed by atoms with Gasteiger partial charge in [0.25, 0.3) is 0 Å². The Hall–Kier alpha value is -2.09. The van der Waals surface area contributed by atoms with Crippen molar-refractivity contribution in [3.63, 3.8) is 0 Å². The van der Waals surface area contributed by atoms with Crippen LogP contribution in [0.3, 0.4) is 0 Å². The van der Waals surface area contributed by atoms with Crippen molar-refractivity contribution >= 4 is 10.0 Å². The molecular formula is C19H28F3N7O2S. The minimum absolute atomic E-state index is 0.157. The van der Waals surface area contributed by atoms with Crippen molar-refractivity contribution in [2.24, 2.45) is 10.9 Å². The Morgan fingerprint density at radius 1 is 1.25 bits per heavy atom. The van der Waals surface area contributed by atoms with E-state index in [1.54, 1.807) is 0 Å². The van der Waals surface area contributed by atoms with Crippen LogP contribution in [0.1, 0.15) is 62.5 Å². The van der Waals surface area contributed by atoms with Crippen LogP contribution in [0.25, 0.3) is 11.4 Å². The minimum atomic E-state index is -4.91. The summed E-state index contributed by atoms with van der Waals surface area (Å²) in [5.74, 6) is -0.318. The molecule has 0 saturated heterocycles. The number of aromatic amines is 1. The Labute approximate surface area is 184 Å². The minimum Gasteiger partial charge on any atom is -0.330 e. The van der Waals surface area contributed by atoms with Crippen molar-refractivity contribution in [2.45, 2.75) is 74.5 Å². The highest BCUT2D eigenvalue weighted by Crippen LogP contribution is 2.44. The van der Waals surface area contributed by atoms with E-state index in [0.717, 1.165) is 31.7 Å². The number of hydrogen-bond acceptors (Lipinski definition) is 7. The van der Waals surface area contributed by atoms with Crippen molar-refractivity contribution in [1.82, 2.24) is 25.9 Å². The van der Waals surface area contributed by atoms with Crippen LogP contribution in [0, 0.1) is 0 Å². The molecule has 32 heavy (non-hydrogen) atoms. The second kappa shape index (κ2) is 9.81. The number of nitrogens with two attached hydrogens (primary N) is 2. The Morgan fingerprint density at radius 3 is 2.47 bits per heavy atom. The van der Waals surface area contributed by atoms with Gasteiger partial charge in [0, 0.05) is 17.6 Å². The number of benzene rings is 1. The predicted molar refractivity (Wildman–Crippen MR) is 112 cm³/mol. The maximum Gasteiger partial charge on any atom is 0.417 e. The van der Waals surface area contributed by atoms with Gasteiger partial charge in [0.05, 0.1) is 5.56 Å². The zero-order valence-electron chi connectivity index (χ0n) is 17.7. The molecule has 1 atom stereocenters. The zero-order valence-corrected chi connectivity index (χ0v) is 18.5. The van der Waals surface area contributed by atoms with Gasteiger partial charge in [-0.2, -0.15) is 13.2 Å². The number of sulfonamides is 1.